The molecule has 1 saturated heterocycles. The lowest BCUT2D eigenvalue weighted by Crippen LogP contribution is -2.54. The smallest absolute Gasteiger partial charge is 0.155 e. The van der Waals surface area contributed by atoms with E-state index in [2.05, 4.69) is 32.6 Å². The van der Waals surface area contributed by atoms with Crippen LogP contribution in [-0.4, -0.2) is 41.5 Å². The molecule has 2 aliphatic rings. The highest BCUT2D eigenvalue weighted by molar-refractivity contribution is 5.89. The fourth-order valence-electron chi connectivity index (χ4n) is 4.29. The summed E-state index contributed by atoms with van der Waals surface area (Å²) in [6.07, 6.45) is 6.70. The van der Waals surface area contributed by atoms with E-state index in [-0.39, 0.29) is 17.1 Å². The van der Waals surface area contributed by atoms with E-state index >= 15 is 0 Å². The number of hydrogen-bond acceptors (Lipinski definition) is 3. The Balaban J connectivity index is 2.08. The fourth-order valence-corrected chi connectivity index (χ4v) is 4.29. The number of ketones is 1. The van der Waals surface area contributed by atoms with Gasteiger partial charge >= 0.3 is 0 Å². The van der Waals surface area contributed by atoms with Crippen LogP contribution < -0.4 is 0 Å². The van der Waals surface area contributed by atoms with Crippen LogP contribution in [0.5, 0.6) is 0 Å². The monoisotopic (exact) mass is 281 g/mol. The summed E-state index contributed by atoms with van der Waals surface area (Å²) in [7, 11) is 0. The Bertz CT molecular complexity index is 341. The van der Waals surface area contributed by atoms with Crippen molar-refractivity contribution in [2.75, 3.05) is 19.7 Å². The lowest BCUT2D eigenvalue weighted by atomic mass is 9.77. The van der Waals surface area contributed by atoms with Crippen LogP contribution in [0.4, 0.5) is 0 Å². The summed E-state index contributed by atoms with van der Waals surface area (Å²) >= 11 is 0. The average Bonchev–Trinajstić information content (AvgIpc) is 2.87. The lowest BCUT2D eigenvalue weighted by molar-refractivity contribution is -0.146. The molecule has 2 rings (SSSR count). The van der Waals surface area contributed by atoms with Gasteiger partial charge in [0, 0.05) is 12.5 Å². The van der Waals surface area contributed by atoms with Crippen molar-refractivity contribution in [3.8, 4) is 0 Å². The number of carbonyl (C=O) groups is 1. The van der Waals surface area contributed by atoms with Crippen LogP contribution in [0.15, 0.2) is 0 Å². The molecule has 20 heavy (non-hydrogen) atoms. The van der Waals surface area contributed by atoms with E-state index < -0.39 is 0 Å². The summed E-state index contributed by atoms with van der Waals surface area (Å²) < 4.78 is 6.07. The first-order chi connectivity index (χ1) is 9.45. The molecule has 0 bridgehead atoms. The van der Waals surface area contributed by atoms with Gasteiger partial charge in [-0.1, -0.05) is 26.7 Å². The number of nitrogens with zero attached hydrogens (tertiary/aromatic N) is 1. The Hall–Kier alpha value is -0.410. The Labute approximate surface area is 124 Å². The number of ether oxygens (including phenoxy) is 1. The van der Waals surface area contributed by atoms with E-state index in [9.17, 15) is 4.79 Å². The highest BCUT2D eigenvalue weighted by atomic mass is 16.5. The second-order valence-corrected chi connectivity index (χ2v) is 7.02. The molecular weight excluding hydrogens is 250 g/mol. The Morgan fingerprint density at radius 3 is 2.40 bits per heavy atom. The van der Waals surface area contributed by atoms with Gasteiger partial charge in [-0.05, 0) is 52.6 Å². The zero-order valence-corrected chi connectivity index (χ0v) is 13.7. The minimum atomic E-state index is -0.342. The molecule has 0 aromatic rings. The maximum Gasteiger partial charge on any atom is 0.155 e. The SMILES string of the molecule is CCN(CC)C(C)(C)C(=O)C1CCOC2(CCCC2)C1. The molecular formula is C17H31NO2. The fraction of sp³-hybridized carbons (Fsp3) is 0.941. The van der Waals surface area contributed by atoms with Gasteiger partial charge in [-0.15, -0.1) is 0 Å². The number of rotatable bonds is 5. The molecule has 0 radical (unpaired) electrons. The topological polar surface area (TPSA) is 29.5 Å². The van der Waals surface area contributed by atoms with E-state index in [4.69, 9.17) is 4.74 Å². The van der Waals surface area contributed by atoms with Gasteiger partial charge in [0.2, 0.25) is 0 Å². The van der Waals surface area contributed by atoms with Crippen molar-refractivity contribution in [2.24, 2.45) is 5.92 Å². The summed E-state index contributed by atoms with van der Waals surface area (Å²) in [5, 5.41) is 0. The quantitative estimate of drug-likeness (QED) is 0.773. The molecule has 1 heterocycles. The van der Waals surface area contributed by atoms with Crippen LogP contribution >= 0.6 is 0 Å². The van der Waals surface area contributed by atoms with Gasteiger partial charge in [-0.25, -0.2) is 0 Å². The summed E-state index contributed by atoms with van der Waals surface area (Å²) in [6.45, 7) is 11.1. The molecule has 1 aliphatic heterocycles. The van der Waals surface area contributed by atoms with Gasteiger partial charge in [-0.3, -0.25) is 9.69 Å². The predicted octanol–water partition coefficient (Wildman–Crippen LogP) is 3.42. The van der Waals surface area contributed by atoms with Crippen LogP contribution in [0.1, 0.15) is 66.2 Å². The van der Waals surface area contributed by atoms with Gasteiger partial charge in [0.05, 0.1) is 11.1 Å². The number of likely N-dealkylation sites (N-methyl/N-ethyl adjacent to an activating group) is 1. The van der Waals surface area contributed by atoms with E-state index in [1.807, 2.05) is 0 Å². The minimum Gasteiger partial charge on any atom is -0.375 e. The molecule has 3 nitrogen and oxygen atoms in total. The maximum atomic E-state index is 13.0. The minimum absolute atomic E-state index is 0.0396. The molecule has 3 heteroatoms. The molecule has 2 fully saturated rings. The zero-order chi connectivity index (χ0) is 14.8. The van der Waals surface area contributed by atoms with Gasteiger partial charge in [0.1, 0.15) is 0 Å². The largest absolute Gasteiger partial charge is 0.375 e. The first-order valence-corrected chi connectivity index (χ1v) is 8.38. The van der Waals surface area contributed by atoms with Crippen LogP contribution in [0.3, 0.4) is 0 Å². The van der Waals surface area contributed by atoms with Crippen LogP contribution in [0, 0.1) is 5.92 Å². The third-order valence-electron chi connectivity index (χ3n) is 5.54. The summed E-state index contributed by atoms with van der Waals surface area (Å²) in [4.78, 5) is 15.3. The van der Waals surface area contributed by atoms with Crippen LogP contribution in [0.25, 0.3) is 0 Å². The first kappa shape index (κ1) is 16.0. The van der Waals surface area contributed by atoms with E-state index in [0.717, 1.165) is 45.4 Å². The molecule has 1 unspecified atom stereocenters. The predicted molar refractivity (Wildman–Crippen MR) is 81.9 cm³/mol. The third kappa shape index (κ3) is 2.94. The van der Waals surface area contributed by atoms with Gasteiger partial charge < -0.3 is 4.74 Å². The molecule has 1 atom stereocenters. The molecule has 1 spiro atoms. The summed E-state index contributed by atoms with van der Waals surface area (Å²) in [5.74, 6) is 0.619. The Kier molecular flexibility index (Phi) is 4.91. The van der Waals surface area contributed by atoms with E-state index in [1.54, 1.807) is 0 Å². The molecule has 0 amide bonds. The number of hydrogen-bond donors (Lipinski definition) is 0. The van der Waals surface area contributed by atoms with Gasteiger partial charge in [0.25, 0.3) is 0 Å². The van der Waals surface area contributed by atoms with Gasteiger partial charge in [0.15, 0.2) is 5.78 Å². The zero-order valence-electron chi connectivity index (χ0n) is 13.7. The van der Waals surface area contributed by atoms with Crippen molar-refractivity contribution < 1.29 is 9.53 Å². The Morgan fingerprint density at radius 2 is 1.85 bits per heavy atom. The Morgan fingerprint density at radius 1 is 1.25 bits per heavy atom. The second kappa shape index (κ2) is 6.15. The van der Waals surface area contributed by atoms with Crippen LogP contribution in [0.2, 0.25) is 0 Å². The van der Waals surface area contributed by atoms with Crippen molar-refractivity contribution in [3.05, 3.63) is 0 Å². The van der Waals surface area contributed by atoms with Crippen molar-refractivity contribution in [1.82, 2.24) is 4.90 Å². The van der Waals surface area contributed by atoms with Crippen molar-refractivity contribution in [1.29, 1.82) is 0 Å². The molecule has 1 aliphatic carbocycles. The molecule has 0 aromatic carbocycles. The molecule has 0 N–H and O–H groups in total. The first-order valence-electron chi connectivity index (χ1n) is 8.38. The summed E-state index contributed by atoms with van der Waals surface area (Å²) in [6, 6.07) is 0. The van der Waals surface area contributed by atoms with Crippen molar-refractivity contribution in [3.63, 3.8) is 0 Å². The molecule has 1 saturated carbocycles. The third-order valence-corrected chi connectivity index (χ3v) is 5.54. The highest BCUT2D eigenvalue weighted by Gasteiger charge is 2.45. The molecule has 116 valence electrons. The van der Waals surface area contributed by atoms with Gasteiger partial charge in [-0.2, -0.15) is 0 Å². The molecule has 0 aromatic heterocycles. The average molecular weight is 281 g/mol. The standard InChI is InChI=1S/C17H31NO2/c1-5-18(6-2)16(3,4)15(19)14-9-12-20-17(13-14)10-7-8-11-17/h14H,5-13H2,1-4H3. The highest BCUT2D eigenvalue weighted by Crippen LogP contribution is 2.43. The lowest BCUT2D eigenvalue weighted by Gasteiger charge is -2.43. The second-order valence-electron chi connectivity index (χ2n) is 7.02. The summed E-state index contributed by atoms with van der Waals surface area (Å²) in [5.41, 5.74) is -0.302. The maximum absolute atomic E-state index is 13.0. The number of carbonyl (C=O) groups excluding carboxylic acids is 1. The van der Waals surface area contributed by atoms with E-state index in [1.165, 1.54) is 12.8 Å². The number of Topliss-reactive ketones (excluding diaryl/α,β-unsaturated/α-hetero) is 1. The van der Waals surface area contributed by atoms with E-state index in [0.29, 0.717) is 5.78 Å². The van der Waals surface area contributed by atoms with Crippen molar-refractivity contribution >= 4 is 5.78 Å². The van der Waals surface area contributed by atoms with Crippen molar-refractivity contribution in [2.45, 2.75) is 77.4 Å². The van der Waals surface area contributed by atoms with Crippen LogP contribution in [-0.2, 0) is 9.53 Å². The normalized spacial score (nSPS) is 26.4.